The van der Waals surface area contributed by atoms with Crippen molar-refractivity contribution in [2.75, 3.05) is 5.32 Å². The molecule has 0 spiro atoms. The fourth-order valence-corrected chi connectivity index (χ4v) is 2.80. The van der Waals surface area contributed by atoms with Crippen LogP contribution in [-0.4, -0.2) is 17.0 Å². The molecule has 0 unspecified atom stereocenters. The quantitative estimate of drug-likeness (QED) is 0.890. The SMILES string of the molecule is O=C(O)c1c(F)cccc1NC(=O)C1CCCCCCC1. The topological polar surface area (TPSA) is 66.4 Å². The number of benzene rings is 1. The van der Waals surface area contributed by atoms with Crippen molar-refractivity contribution in [3.63, 3.8) is 0 Å². The van der Waals surface area contributed by atoms with Crippen LogP contribution in [0.3, 0.4) is 0 Å². The van der Waals surface area contributed by atoms with Crippen LogP contribution in [0.1, 0.15) is 55.3 Å². The number of hydrogen-bond acceptors (Lipinski definition) is 2. The lowest BCUT2D eigenvalue weighted by Crippen LogP contribution is -2.25. The Morgan fingerprint density at radius 2 is 1.71 bits per heavy atom. The van der Waals surface area contributed by atoms with Gasteiger partial charge in [-0.15, -0.1) is 0 Å². The van der Waals surface area contributed by atoms with Crippen LogP contribution >= 0.6 is 0 Å². The number of carbonyl (C=O) groups excluding carboxylic acids is 1. The first kappa shape index (κ1) is 15.5. The van der Waals surface area contributed by atoms with Crippen molar-refractivity contribution in [1.82, 2.24) is 0 Å². The van der Waals surface area contributed by atoms with Gasteiger partial charge in [0.1, 0.15) is 11.4 Å². The zero-order valence-corrected chi connectivity index (χ0v) is 11.9. The van der Waals surface area contributed by atoms with E-state index >= 15 is 0 Å². The molecule has 1 aliphatic rings. The first-order valence-corrected chi connectivity index (χ1v) is 7.42. The summed E-state index contributed by atoms with van der Waals surface area (Å²) in [5.74, 6) is -2.53. The van der Waals surface area contributed by atoms with Gasteiger partial charge in [0.05, 0.1) is 5.69 Å². The fraction of sp³-hybridized carbons (Fsp3) is 0.500. The van der Waals surface area contributed by atoms with Crippen LogP contribution in [0.2, 0.25) is 0 Å². The lowest BCUT2D eigenvalue weighted by molar-refractivity contribution is -0.120. The molecule has 0 aromatic heterocycles. The number of halogens is 1. The Morgan fingerprint density at radius 3 is 2.33 bits per heavy atom. The maximum absolute atomic E-state index is 13.6. The maximum atomic E-state index is 13.6. The number of anilines is 1. The van der Waals surface area contributed by atoms with Gasteiger partial charge in [-0.3, -0.25) is 4.79 Å². The third kappa shape index (κ3) is 4.03. The second kappa shape index (κ2) is 7.20. The Labute approximate surface area is 123 Å². The van der Waals surface area contributed by atoms with Gasteiger partial charge in [0, 0.05) is 5.92 Å². The second-order valence-corrected chi connectivity index (χ2v) is 5.50. The van der Waals surface area contributed by atoms with Gasteiger partial charge in [-0.1, -0.05) is 38.2 Å². The third-order valence-corrected chi connectivity index (χ3v) is 3.96. The summed E-state index contributed by atoms with van der Waals surface area (Å²) in [5, 5.41) is 11.7. The van der Waals surface area contributed by atoms with Crippen LogP contribution in [-0.2, 0) is 4.79 Å². The van der Waals surface area contributed by atoms with E-state index in [1.165, 1.54) is 18.6 Å². The van der Waals surface area contributed by atoms with Crippen LogP contribution in [0.5, 0.6) is 0 Å². The van der Waals surface area contributed by atoms with E-state index in [9.17, 15) is 14.0 Å². The number of carbonyl (C=O) groups is 2. The molecular weight excluding hydrogens is 273 g/mol. The molecule has 0 heterocycles. The number of carboxylic acid groups (broad SMARTS) is 1. The molecule has 1 fully saturated rings. The lowest BCUT2D eigenvalue weighted by Gasteiger charge is -2.19. The third-order valence-electron chi connectivity index (χ3n) is 3.96. The van der Waals surface area contributed by atoms with Crippen molar-refractivity contribution in [2.45, 2.75) is 44.9 Å². The lowest BCUT2D eigenvalue weighted by atomic mass is 9.90. The molecule has 5 heteroatoms. The number of rotatable bonds is 3. The number of carboxylic acids is 1. The van der Waals surface area contributed by atoms with E-state index in [1.54, 1.807) is 0 Å². The summed E-state index contributed by atoms with van der Waals surface area (Å²) < 4.78 is 13.6. The van der Waals surface area contributed by atoms with Gasteiger partial charge in [-0.05, 0) is 25.0 Å². The van der Waals surface area contributed by atoms with Crippen molar-refractivity contribution in [3.8, 4) is 0 Å². The highest BCUT2D eigenvalue weighted by molar-refractivity contribution is 6.01. The number of hydrogen-bond donors (Lipinski definition) is 2. The van der Waals surface area contributed by atoms with E-state index in [0.717, 1.165) is 44.6 Å². The monoisotopic (exact) mass is 293 g/mol. The van der Waals surface area contributed by atoms with E-state index in [4.69, 9.17) is 5.11 Å². The molecule has 0 saturated heterocycles. The molecule has 2 rings (SSSR count). The minimum absolute atomic E-state index is 0.0366. The van der Waals surface area contributed by atoms with Crippen molar-refractivity contribution in [3.05, 3.63) is 29.6 Å². The van der Waals surface area contributed by atoms with E-state index < -0.39 is 17.3 Å². The summed E-state index contributed by atoms with van der Waals surface area (Å²) in [7, 11) is 0. The van der Waals surface area contributed by atoms with Crippen molar-refractivity contribution in [1.29, 1.82) is 0 Å². The molecule has 0 radical (unpaired) electrons. The molecule has 21 heavy (non-hydrogen) atoms. The van der Waals surface area contributed by atoms with Crippen LogP contribution < -0.4 is 5.32 Å². The molecule has 4 nitrogen and oxygen atoms in total. The van der Waals surface area contributed by atoms with Crippen LogP contribution in [0, 0.1) is 11.7 Å². The van der Waals surface area contributed by atoms with Crippen LogP contribution in [0.4, 0.5) is 10.1 Å². The smallest absolute Gasteiger partial charge is 0.340 e. The van der Waals surface area contributed by atoms with Gasteiger partial charge in [0.25, 0.3) is 0 Å². The summed E-state index contributed by atoms with van der Waals surface area (Å²) in [6, 6.07) is 3.90. The molecule has 0 aliphatic heterocycles. The molecule has 0 atom stereocenters. The Hall–Kier alpha value is -1.91. The van der Waals surface area contributed by atoms with Gasteiger partial charge in [-0.25, -0.2) is 9.18 Å². The Balaban J connectivity index is 2.11. The van der Waals surface area contributed by atoms with Crippen molar-refractivity contribution < 1.29 is 19.1 Å². The first-order valence-electron chi connectivity index (χ1n) is 7.42. The molecule has 1 aromatic rings. The fourth-order valence-electron chi connectivity index (χ4n) is 2.80. The molecule has 0 bridgehead atoms. The molecular formula is C16H20FNO3. The highest BCUT2D eigenvalue weighted by atomic mass is 19.1. The van der Waals surface area contributed by atoms with E-state index in [1.807, 2.05) is 0 Å². The highest BCUT2D eigenvalue weighted by Crippen LogP contribution is 2.25. The molecule has 1 saturated carbocycles. The van der Waals surface area contributed by atoms with E-state index in [2.05, 4.69) is 5.32 Å². The first-order chi connectivity index (χ1) is 10.1. The zero-order chi connectivity index (χ0) is 15.2. The van der Waals surface area contributed by atoms with Gasteiger partial charge in [0.15, 0.2) is 0 Å². The molecule has 114 valence electrons. The summed E-state index contributed by atoms with van der Waals surface area (Å²) in [6.45, 7) is 0. The Kier molecular flexibility index (Phi) is 5.31. The van der Waals surface area contributed by atoms with Crippen LogP contribution in [0.25, 0.3) is 0 Å². The Morgan fingerprint density at radius 1 is 1.10 bits per heavy atom. The molecule has 1 aliphatic carbocycles. The maximum Gasteiger partial charge on any atom is 0.340 e. The molecule has 1 aromatic carbocycles. The summed E-state index contributed by atoms with van der Waals surface area (Å²) >= 11 is 0. The normalized spacial score (nSPS) is 16.8. The second-order valence-electron chi connectivity index (χ2n) is 5.50. The predicted molar refractivity (Wildman–Crippen MR) is 77.8 cm³/mol. The average molecular weight is 293 g/mol. The van der Waals surface area contributed by atoms with Crippen molar-refractivity contribution >= 4 is 17.6 Å². The molecule has 2 N–H and O–H groups in total. The average Bonchev–Trinajstić information content (AvgIpc) is 2.37. The Bertz CT molecular complexity index is 522. The van der Waals surface area contributed by atoms with Crippen molar-refractivity contribution in [2.24, 2.45) is 5.92 Å². The number of amides is 1. The number of nitrogens with one attached hydrogen (secondary N) is 1. The number of aromatic carboxylic acids is 1. The van der Waals surface area contributed by atoms with Gasteiger partial charge >= 0.3 is 5.97 Å². The van der Waals surface area contributed by atoms with E-state index in [0.29, 0.717) is 0 Å². The zero-order valence-electron chi connectivity index (χ0n) is 11.9. The largest absolute Gasteiger partial charge is 0.478 e. The summed E-state index contributed by atoms with van der Waals surface area (Å²) in [5.41, 5.74) is -0.439. The summed E-state index contributed by atoms with van der Waals surface area (Å²) in [4.78, 5) is 23.4. The standard InChI is InChI=1S/C16H20FNO3/c17-12-9-6-10-13(14(12)16(20)21)18-15(19)11-7-4-2-1-3-5-8-11/h6,9-11H,1-5,7-8H2,(H,18,19)(H,20,21). The molecule has 1 amide bonds. The summed E-state index contributed by atoms with van der Waals surface area (Å²) in [6.07, 6.45) is 7.10. The minimum atomic E-state index is -1.37. The minimum Gasteiger partial charge on any atom is -0.478 e. The van der Waals surface area contributed by atoms with Gasteiger partial charge in [-0.2, -0.15) is 0 Å². The predicted octanol–water partition coefficient (Wildman–Crippen LogP) is 3.82. The van der Waals surface area contributed by atoms with Gasteiger partial charge in [0.2, 0.25) is 5.91 Å². The van der Waals surface area contributed by atoms with Gasteiger partial charge < -0.3 is 10.4 Å². The van der Waals surface area contributed by atoms with E-state index in [-0.39, 0.29) is 17.5 Å². The highest BCUT2D eigenvalue weighted by Gasteiger charge is 2.22. The van der Waals surface area contributed by atoms with Crippen LogP contribution in [0.15, 0.2) is 18.2 Å².